The SMILES string of the molecule is CCOC(=O)/C(=C/c1cccc(OC)c1)SC(F)(F)F. The third-order valence-corrected chi connectivity index (χ3v) is 2.83. The maximum absolute atomic E-state index is 12.4. The van der Waals surface area contributed by atoms with Crippen LogP contribution in [0.4, 0.5) is 13.2 Å². The molecular formula is C13H13F3O3S. The lowest BCUT2D eigenvalue weighted by molar-refractivity contribution is -0.137. The maximum atomic E-state index is 12.4. The molecule has 1 rings (SSSR count). The van der Waals surface area contributed by atoms with Crippen molar-refractivity contribution in [2.24, 2.45) is 0 Å². The Bertz CT molecular complexity index is 498. The average molecular weight is 306 g/mol. The Kier molecular flexibility index (Phi) is 5.94. The van der Waals surface area contributed by atoms with Crippen LogP contribution in [0.25, 0.3) is 6.08 Å². The second kappa shape index (κ2) is 7.23. The number of thioether (sulfide) groups is 1. The van der Waals surface area contributed by atoms with Crippen molar-refractivity contribution in [1.29, 1.82) is 0 Å². The topological polar surface area (TPSA) is 35.5 Å². The van der Waals surface area contributed by atoms with Crippen LogP contribution in [0, 0.1) is 0 Å². The fourth-order valence-corrected chi connectivity index (χ4v) is 1.93. The van der Waals surface area contributed by atoms with Gasteiger partial charge in [0, 0.05) is 0 Å². The van der Waals surface area contributed by atoms with Gasteiger partial charge in [-0.3, -0.25) is 0 Å². The third kappa shape index (κ3) is 5.56. The quantitative estimate of drug-likeness (QED) is 0.611. The van der Waals surface area contributed by atoms with E-state index in [1.54, 1.807) is 18.2 Å². The summed E-state index contributed by atoms with van der Waals surface area (Å²) in [6.45, 7) is 1.53. The second-order valence-electron chi connectivity index (χ2n) is 3.55. The minimum atomic E-state index is -4.56. The average Bonchev–Trinajstić information content (AvgIpc) is 2.37. The molecule has 0 aliphatic carbocycles. The highest BCUT2D eigenvalue weighted by atomic mass is 32.2. The smallest absolute Gasteiger partial charge is 0.446 e. The predicted octanol–water partition coefficient (Wildman–Crippen LogP) is 3.85. The number of hydrogen-bond donors (Lipinski definition) is 0. The molecule has 0 unspecified atom stereocenters. The molecule has 0 atom stereocenters. The van der Waals surface area contributed by atoms with Crippen LogP contribution in [-0.2, 0) is 9.53 Å². The highest BCUT2D eigenvalue weighted by molar-refractivity contribution is 8.04. The Morgan fingerprint density at radius 1 is 1.40 bits per heavy atom. The zero-order valence-corrected chi connectivity index (χ0v) is 11.7. The van der Waals surface area contributed by atoms with Gasteiger partial charge in [-0.05, 0) is 42.5 Å². The predicted molar refractivity (Wildman–Crippen MR) is 71.3 cm³/mol. The summed E-state index contributed by atoms with van der Waals surface area (Å²) in [5.41, 5.74) is -4.14. The molecule has 0 saturated carbocycles. The van der Waals surface area contributed by atoms with Gasteiger partial charge in [0.2, 0.25) is 0 Å². The van der Waals surface area contributed by atoms with Crippen LogP contribution in [0.3, 0.4) is 0 Å². The number of carbonyl (C=O) groups excluding carboxylic acids is 1. The van der Waals surface area contributed by atoms with Crippen LogP contribution in [0.1, 0.15) is 12.5 Å². The zero-order chi connectivity index (χ0) is 15.2. The van der Waals surface area contributed by atoms with Gasteiger partial charge in [-0.1, -0.05) is 12.1 Å². The number of rotatable bonds is 5. The number of carbonyl (C=O) groups is 1. The lowest BCUT2D eigenvalue weighted by Gasteiger charge is -2.09. The molecule has 3 nitrogen and oxygen atoms in total. The van der Waals surface area contributed by atoms with Gasteiger partial charge in [0.15, 0.2) is 0 Å². The molecule has 0 spiro atoms. The molecule has 0 aromatic heterocycles. The van der Waals surface area contributed by atoms with Gasteiger partial charge < -0.3 is 9.47 Å². The molecule has 1 aromatic rings. The van der Waals surface area contributed by atoms with E-state index in [2.05, 4.69) is 4.74 Å². The van der Waals surface area contributed by atoms with E-state index in [1.165, 1.54) is 20.1 Å². The van der Waals surface area contributed by atoms with E-state index in [9.17, 15) is 18.0 Å². The fourth-order valence-electron chi connectivity index (χ4n) is 1.34. The van der Waals surface area contributed by atoms with E-state index in [0.29, 0.717) is 11.3 Å². The van der Waals surface area contributed by atoms with Gasteiger partial charge in [0.25, 0.3) is 0 Å². The molecule has 0 saturated heterocycles. The Morgan fingerprint density at radius 2 is 2.10 bits per heavy atom. The number of hydrogen-bond acceptors (Lipinski definition) is 4. The van der Waals surface area contributed by atoms with E-state index in [-0.39, 0.29) is 6.61 Å². The first-order chi connectivity index (χ1) is 9.35. The summed E-state index contributed by atoms with van der Waals surface area (Å²) < 4.78 is 46.9. The standard InChI is InChI=1S/C13H13F3O3S/c1-3-19-12(17)11(20-13(14,15)16)8-9-5-4-6-10(7-9)18-2/h4-8H,3H2,1-2H3/b11-8-. The zero-order valence-electron chi connectivity index (χ0n) is 10.9. The van der Waals surface area contributed by atoms with E-state index >= 15 is 0 Å². The van der Waals surface area contributed by atoms with Gasteiger partial charge in [-0.15, -0.1) is 0 Å². The second-order valence-corrected chi connectivity index (χ2v) is 4.66. The summed E-state index contributed by atoms with van der Waals surface area (Å²) in [6.07, 6.45) is 1.12. The summed E-state index contributed by atoms with van der Waals surface area (Å²) in [4.78, 5) is 11.0. The lowest BCUT2D eigenvalue weighted by atomic mass is 10.2. The van der Waals surface area contributed by atoms with Gasteiger partial charge >= 0.3 is 11.5 Å². The fraction of sp³-hybridized carbons (Fsp3) is 0.308. The number of benzene rings is 1. The number of alkyl halides is 3. The molecule has 0 bridgehead atoms. The molecule has 20 heavy (non-hydrogen) atoms. The van der Waals surface area contributed by atoms with Crippen molar-refractivity contribution in [3.63, 3.8) is 0 Å². The van der Waals surface area contributed by atoms with Crippen LogP contribution < -0.4 is 4.74 Å². The molecule has 0 heterocycles. The van der Waals surface area contributed by atoms with Crippen LogP contribution >= 0.6 is 11.8 Å². The minimum Gasteiger partial charge on any atom is -0.497 e. The van der Waals surface area contributed by atoms with Crippen molar-refractivity contribution in [3.8, 4) is 5.75 Å². The van der Waals surface area contributed by atoms with E-state index in [4.69, 9.17) is 4.74 Å². The summed E-state index contributed by atoms with van der Waals surface area (Å²) in [5, 5.41) is 0. The monoisotopic (exact) mass is 306 g/mol. The van der Waals surface area contributed by atoms with Crippen molar-refractivity contribution in [2.75, 3.05) is 13.7 Å². The van der Waals surface area contributed by atoms with Crippen LogP contribution in [0.2, 0.25) is 0 Å². The maximum Gasteiger partial charge on any atom is 0.446 e. The molecule has 0 aliphatic heterocycles. The first kappa shape index (κ1) is 16.4. The summed E-state index contributed by atoms with van der Waals surface area (Å²) in [5.74, 6) is -0.517. The third-order valence-electron chi connectivity index (χ3n) is 2.09. The molecule has 0 fully saturated rings. The molecule has 0 amide bonds. The molecular weight excluding hydrogens is 293 g/mol. The van der Waals surface area contributed by atoms with Crippen molar-refractivity contribution in [2.45, 2.75) is 12.4 Å². The van der Waals surface area contributed by atoms with Crippen LogP contribution in [-0.4, -0.2) is 25.2 Å². The molecule has 110 valence electrons. The number of ether oxygens (including phenoxy) is 2. The highest BCUT2D eigenvalue weighted by Gasteiger charge is 2.33. The van der Waals surface area contributed by atoms with Crippen molar-refractivity contribution in [3.05, 3.63) is 34.7 Å². The van der Waals surface area contributed by atoms with Crippen LogP contribution in [0.15, 0.2) is 29.2 Å². The molecule has 1 aromatic carbocycles. The van der Waals surface area contributed by atoms with Crippen molar-refractivity contribution >= 4 is 23.8 Å². The van der Waals surface area contributed by atoms with Crippen LogP contribution in [0.5, 0.6) is 5.75 Å². The Morgan fingerprint density at radius 3 is 2.65 bits per heavy atom. The summed E-state index contributed by atoms with van der Waals surface area (Å²) >= 11 is -0.496. The Labute approximate surface area is 118 Å². The van der Waals surface area contributed by atoms with Gasteiger partial charge in [-0.25, -0.2) is 4.79 Å². The Balaban J connectivity index is 3.07. The largest absolute Gasteiger partial charge is 0.497 e. The van der Waals surface area contributed by atoms with Gasteiger partial charge in [0.1, 0.15) is 10.7 Å². The molecule has 0 aliphatic rings. The summed E-state index contributed by atoms with van der Waals surface area (Å²) in [6, 6.07) is 6.36. The Hall–Kier alpha value is -1.63. The molecule has 7 heteroatoms. The molecule has 0 radical (unpaired) electrons. The molecule has 0 N–H and O–H groups in total. The van der Waals surface area contributed by atoms with E-state index in [0.717, 1.165) is 6.08 Å². The van der Waals surface area contributed by atoms with Crippen molar-refractivity contribution in [1.82, 2.24) is 0 Å². The van der Waals surface area contributed by atoms with Gasteiger partial charge in [0.05, 0.1) is 13.7 Å². The summed E-state index contributed by atoms with van der Waals surface area (Å²) in [7, 11) is 1.44. The normalized spacial score (nSPS) is 12.2. The number of halogens is 3. The minimum absolute atomic E-state index is 0.00665. The lowest BCUT2D eigenvalue weighted by Crippen LogP contribution is -2.10. The van der Waals surface area contributed by atoms with Crippen molar-refractivity contribution < 1.29 is 27.4 Å². The van der Waals surface area contributed by atoms with Gasteiger partial charge in [-0.2, -0.15) is 13.2 Å². The van der Waals surface area contributed by atoms with E-state index < -0.39 is 28.1 Å². The van der Waals surface area contributed by atoms with E-state index in [1.807, 2.05) is 0 Å². The highest BCUT2D eigenvalue weighted by Crippen LogP contribution is 2.37. The number of esters is 1. The first-order valence-corrected chi connectivity index (χ1v) is 6.46. The number of methoxy groups -OCH3 is 1. The first-order valence-electron chi connectivity index (χ1n) is 5.64.